The third-order valence-corrected chi connectivity index (χ3v) is 5.07. The van der Waals surface area contributed by atoms with Gasteiger partial charge in [0.15, 0.2) is 0 Å². The second kappa shape index (κ2) is 7.51. The number of carbonyl (C=O) groups excluding carboxylic acids is 1. The molecule has 0 aliphatic carbocycles. The van der Waals surface area contributed by atoms with Gasteiger partial charge in [-0.05, 0) is 36.8 Å². The summed E-state index contributed by atoms with van der Waals surface area (Å²) in [4.78, 5) is 12.1. The van der Waals surface area contributed by atoms with Gasteiger partial charge in [-0.2, -0.15) is 0 Å². The molecule has 6 heteroatoms. The van der Waals surface area contributed by atoms with Crippen LogP contribution in [0.3, 0.4) is 0 Å². The summed E-state index contributed by atoms with van der Waals surface area (Å²) in [6, 6.07) is 12.9. The lowest BCUT2D eigenvalue weighted by atomic mass is 10.2. The SMILES string of the molecule is C[C@H](C(=O)Nc1ccccc1)[S@@](=O)Cc1ccc(F)cc1Cl. The molecule has 0 saturated carbocycles. The molecule has 2 atom stereocenters. The number of carbonyl (C=O) groups is 1. The van der Waals surface area contributed by atoms with Crippen molar-refractivity contribution in [2.24, 2.45) is 0 Å². The highest BCUT2D eigenvalue weighted by Gasteiger charge is 2.21. The Labute approximate surface area is 136 Å². The lowest BCUT2D eigenvalue weighted by molar-refractivity contribution is -0.115. The molecular weight excluding hydrogens is 325 g/mol. The Balaban J connectivity index is 2.01. The van der Waals surface area contributed by atoms with Crippen molar-refractivity contribution in [1.29, 1.82) is 0 Å². The van der Waals surface area contributed by atoms with Crippen molar-refractivity contribution in [3.63, 3.8) is 0 Å². The zero-order valence-corrected chi connectivity index (χ0v) is 13.5. The quantitative estimate of drug-likeness (QED) is 0.901. The third-order valence-electron chi connectivity index (χ3n) is 3.12. The number of benzene rings is 2. The number of halogens is 2. The Morgan fingerprint density at radius 3 is 2.59 bits per heavy atom. The lowest BCUT2D eigenvalue weighted by Gasteiger charge is -2.13. The monoisotopic (exact) mass is 339 g/mol. The third kappa shape index (κ3) is 4.39. The molecule has 2 rings (SSSR count). The van der Waals surface area contributed by atoms with Gasteiger partial charge in [-0.1, -0.05) is 35.9 Å². The number of anilines is 1. The van der Waals surface area contributed by atoms with E-state index in [4.69, 9.17) is 11.6 Å². The fraction of sp³-hybridized carbons (Fsp3) is 0.188. The van der Waals surface area contributed by atoms with Crippen LogP contribution in [-0.2, 0) is 21.3 Å². The van der Waals surface area contributed by atoms with Crippen molar-refractivity contribution in [1.82, 2.24) is 0 Å². The van der Waals surface area contributed by atoms with E-state index >= 15 is 0 Å². The molecule has 0 aromatic heterocycles. The Morgan fingerprint density at radius 1 is 1.27 bits per heavy atom. The molecule has 2 aromatic carbocycles. The maximum absolute atomic E-state index is 13.0. The summed E-state index contributed by atoms with van der Waals surface area (Å²) in [5.74, 6) is -0.681. The highest BCUT2D eigenvalue weighted by Crippen LogP contribution is 2.20. The predicted octanol–water partition coefficient (Wildman–Crippen LogP) is 3.76. The van der Waals surface area contributed by atoms with Crippen LogP contribution >= 0.6 is 11.6 Å². The summed E-state index contributed by atoms with van der Waals surface area (Å²) < 4.78 is 25.3. The molecule has 0 fully saturated rings. The summed E-state index contributed by atoms with van der Waals surface area (Å²) in [7, 11) is -1.46. The van der Waals surface area contributed by atoms with Crippen molar-refractivity contribution in [3.05, 3.63) is 64.9 Å². The predicted molar refractivity (Wildman–Crippen MR) is 87.8 cm³/mol. The van der Waals surface area contributed by atoms with Crippen LogP contribution < -0.4 is 5.32 Å². The van der Waals surface area contributed by atoms with E-state index in [1.165, 1.54) is 18.2 Å². The maximum atomic E-state index is 13.0. The first-order chi connectivity index (χ1) is 10.5. The number of hydrogen-bond donors (Lipinski definition) is 1. The second-order valence-electron chi connectivity index (χ2n) is 4.76. The molecule has 0 spiro atoms. The second-order valence-corrected chi connectivity index (χ2v) is 6.92. The van der Waals surface area contributed by atoms with E-state index in [1.54, 1.807) is 31.2 Å². The van der Waals surface area contributed by atoms with Crippen LogP contribution in [0.2, 0.25) is 5.02 Å². The molecule has 22 heavy (non-hydrogen) atoms. The number of para-hydroxylation sites is 1. The molecule has 3 nitrogen and oxygen atoms in total. The minimum absolute atomic E-state index is 0.0997. The summed E-state index contributed by atoms with van der Waals surface area (Å²) in [6.45, 7) is 1.59. The van der Waals surface area contributed by atoms with Crippen LogP contribution in [0.4, 0.5) is 10.1 Å². The normalized spacial score (nSPS) is 13.4. The number of amides is 1. The van der Waals surface area contributed by atoms with Gasteiger partial charge in [-0.25, -0.2) is 4.39 Å². The lowest BCUT2D eigenvalue weighted by Crippen LogP contribution is -2.29. The van der Waals surface area contributed by atoms with E-state index in [-0.39, 0.29) is 16.7 Å². The molecule has 0 aliphatic heterocycles. The first-order valence-electron chi connectivity index (χ1n) is 6.64. The molecule has 116 valence electrons. The first kappa shape index (κ1) is 16.6. The van der Waals surface area contributed by atoms with Gasteiger partial charge in [0, 0.05) is 21.5 Å². The molecular formula is C16H15ClFNO2S. The van der Waals surface area contributed by atoms with Crippen molar-refractivity contribution < 1.29 is 13.4 Å². The van der Waals surface area contributed by atoms with Gasteiger partial charge in [0.25, 0.3) is 0 Å². The van der Waals surface area contributed by atoms with E-state index < -0.39 is 21.9 Å². The zero-order chi connectivity index (χ0) is 16.1. The van der Waals surface area contributed by atoms with Gasteiger partial charge >= 0.3 is 0 Å². The van der Waals surface area contributed by atoms with Crippen LogP contribution in [0.5, 0.6) is 0 Å². The molecule has 0 heterocycles. The van der Waals surface area contributed by atoms with Crippen molar-refractivity contribution in [2.45, 2.75) is 17.9 Å². The summed E-state index contributed by atoms with van der Waals surface area (Å²) in [6.07, 6.45) is 0. The maximum Gasteiger partial charge on any atom is 0.239 e. The van der Waals surface area contributed by atoms with Crippen LogP contribution in [0, 0.1) is 5.82 Å². The average Bonchev–Trinajstić information content (AvgIpc) is 2.50. The Hall–Kier alpha value is -1.72. The van der Waals surface area contributed by atoms with Crippen LogP contribution in [-0.4, -0.2) is 15.4 Å². The molecule has 2 aromatic rings. The highest BCUT2D eigenvalue weighted by atomic mass is 35.5. The number of hydrogen-bond acceptors (Lipinski definition) is 2. The number of rotatable bonds is 5. The van der Waals surface area contributed by atoms with Crippen molar-refractivity contribution in [2.75, 3.05) is 5.32 Å². The van der Waals surface area contributed by atoms with Crippen LogP contribution in [0.25, 0.3) is 0 Å². The summed E-state index contributed by atoms with van der Waals surface area (Å²) in [5.41, 5.74) is 1.21. The standard InChI is InChI=1S/C16H15ClFNO2S/c1-11(16(20)19-14-5-3-2-4-6-14)22(21)10-12-7-8-13(18)9-15(12)17/h2-9,11H,10H2,1H3,(H,19,20)/t11-,22+/m1/s1. The Kier molecular flexibility index (Phi) is 5.69. The largest absolute Gasteiger partial charge is 0.325 e. The Morgan fingerprint density at radius 2 is 1.95 bits per heavy atom. The van der Waals surface area contributed by atoms with E-state index in [0.29, 0.717) is 11.3 Å². The van der Waals surface area contributed by atoms with Crippen molar-refractivity contribution >= 4 is 34.0 Å². The highest BCUT2D eigenvalue weighted by molar-refractivity contribution is 7.85. The van der Waals surface area contributed by atoms with E-state index in [1.807, 2.05) is 6.07 Å². The fourth-order valence-electron chi connectivity index (χ4n) is 1.80. The van der Waals surface area contributed by atoms with Gasteiger partial charge in [0.1, 0.15) is 11.1 Å². The zero-order valence-electron chi connectivity index (χ0n) is 11.9. The molecule has 0 unspecified atom stereocenters. The van der Waals surface area contributed by atoms with Gasteiger partial charge in [0.2, 0.25) is 5.91 Å². The van der Waals surface area contributed by atoms with Gasteiger partial charge < -0.3 is 5.32 Å². The van der Waals surface area contributed by atoms with Gasteiger partial charge in [-0.15, -0.1) is 0 Å². The molecule has 1 N–H and O–H groups in total. The Bertz CT molecular complexity index is 694. The van der Waals surface area contributed by atoms with E-state index in [9.17, 15) is 13.4 Å². The van der Waals surface area contributed by atoms with Crippen LogP contribution in [0.1, 0.15) is 12.5 Å². The fourth-order valence-corrected chi connectivity index (χ4v) is 3.22. The topological polar surface area (TPSA) is 46.2 Å². The van der Waals surface area contributed by atoms with E-state index in [0.717, 1.165) is 0 Å². The van der Waals surface area contributed by atoms with Crippen molar-refractivity contribution in [3.8, 4) is 0 Å². The minimum atomic E-state index is -1.46. The van der Waals surface area contributed by atoms with Gasteiger partial charge in [0.05, 0.1) is 5.75 Å². The molecule has 0 radical (unpaired) electrons. The first-order valence-corrected chi connectivity index (χ1v) is 8.40. The van der Waals surface area contributed by atoms with E-state index in [2.05, 4.69) is 5.32 Å². The number of nitrogens with one attached hydrogen (secondary N) is 1. The minimum Gasteiger partial charge on any atom is -0.325 e. The summed E-state index contributed by atoms with van der Waals surface area (Å²) in [5, 5.41) is 2.21. The molecule has 0 aliphatic rings. The summed E-state index contributed by atoms with van der Waals surface area (Å²) >= 11 is 5.91. The van der Waals surface area contributed by atoms with Crippen LogP contribution in [0.15, 0.2) is 48.5 Å². The molecule has 0 bridgehead atoms. The smallest absolute Gasteiger partial charge is 0.239 e. The average molecular weight is 340 g/mol. The molecule has 1 amide bonds. The molecule has 0 saturated heterocycles. The van der Waals surface area contributed by atoms with Gasteiger partial charge in [-0.3, -0.25) is 9.00 Å².